The number of hydrogen-bond acceptors (Lipinski definition) is 5. The van der Waals surface area contributed by atoms with E-state index >= 15 is 0 Å². The minimum Gasteiger partial charge on any atom is -0.460 e. The number of thiazole rings is 1. The number of furan rings is 1. The van der Waals surface area contributed by atoms with Gasteiger partial charge in [0.05, 0.1) is 0 Å². The molecule has 0 bridgehead atoms. The van der Waals surface area contributed by atoms with Crippen molar-refractivity contribution in [2.75, 3.05) is 5.32 Å². The maximum Gasteiger partial charge on any atom is 0.248 e. The number of anilines is 1. The van der Waals surface area contributed by atoms with Crippen molar-refractivity contribution in [1.82, 2.24) is 10.3 Å². The Balaban J connectivity index is 2.08. The van der Waals surface area contributed by atoms with Crippen LogP contribution in [-0.2, 0) is 9.59 Å². The Morgan fingerprint density at radius 2 is 2.05 bits per heavy atom. The Labute approximate surface area is 132 Å². The summed E-state index contributed by atoms with van der Waals surface area (Å²) in [6.45, 7) is 7.00. The molecule has 2 N–H and O–H groups in total. The van der Waals surface area contributed by atoms with E-state index in [1.807, 2.05) is 38.3 Å². The topological polar surface area (TPSA) is 84.2 Å². The summed E-state index contributed by atoms with van der Waals surface area (Å²) in [6.07, 6.45) is 0. The molecule has 0 fully saturated rings. The van der Waals surface area contributed by atoms with Crippen LogP contribution in [0.5, 0.6) is 0 Å². The van der Waals surface area contributed by atoms with Gasteiger partial charge in [-0.05, 0) is 25.0 Å². The van der Waals surface area contributed by atoms with Gasteiger partial charge < -0.3 is 15.1 Å². The Morgan fingerprint density at radius 1 is 1.32 bits per heavy atom. The third kappa shape index (κ3) is 3.94. The molecule has 0 aliphatic carbocycles. The second-order valence-corrected chi connectivity index (χ2v) is 6.22. The second kappa shape index (κ2) is 6.74. The molecule has 0 radical (unpaired) electrons. The number of nitrogens with one attached hydrogen (secondary N) is 2. The van der Waals surface area contributed by atoms with Gasteiger partial charge in [0, 0.05) is 12.3 Å². The van der Waals surface area contributed by atoms with E-state index in [0.29, 0.717) is 16.6 Å². The maximum atomic E-state index is 12.3. The molecule has 0 saturated heterocycles. The predicted molar refractivity (Wildman–Crippen MR) is 85.6 cm³/mol. The van der Waals surface area contributed by atoms with E-state index in [9.17, 15) is 9.59 Å². The highest BCUT2D eigenvalue weighted by Crippen LogP contribution is 2.26. The maximum absolute atomic E-state index is 12.3. The predicted octanol–water partition coefficient (Wildman–Crippen LogP) is 2.81. The van der Waals surface area contributed by atoms with E-state index in [4.69, 9.17) is 4.42 Å². The fourth-order valence-electron chi connectivity index (χ4n) is 1.95. The van der Waals surface area contributed by atoms with Gasteiger partial charge in [0.1, 0.15) is 17.5 Å². The molecular weight excluding hydrogens is 302 g/mol. The first kappa shape index (κ1) is 16.2. The van der Waals surface area contributed by atoms with Crippen molar-refractivity contribution in [3.63, 3.8) is 0 Å². The van der Waals surface area contributed by atoms with E-state index in [1.165, 1.54) is 18.3 Å². The standard InChI is InChI=1S/C15H19N3O3S/c1-8(2)13(16-10(4)19)14(20)18-15-17-11(7-22-15)12-6-5-9(3)21-12/h5-8,13H,1-4H3,(H,16,19)(H,17,18,20)/t13-/m0/s1. The van der Waals surface area contributed by atoms with Gasteiger partial charge in [-0.1, -0.05) is 13.8 Å². The van der Waals surface area contributed by atoms with Crippen LogP contribution in [0.2, 0.25) is 0 Å². The van der Waals surface area contributed by atoms with Gasteiger partial charge in [-0.3, -0.25) is 9.59 Å². The Hall–Kier alpha value is -2.15. The first-order chi connectivity index (χ1) is 10.4. The van der Waals surface area contributed by atoms with Crippen LogP contribution in [0.15, 0.2) is 21.9 Å². The lowest BCUT2D eigenvalue weighted by molar-refractivity contribution is -0.126. The molecule has 2 amide bonds. The van der Waals surface area contributed by atoms with Crippen molar-refractivity contribution in [3.8, 4) is 11.5 Å². The molecule has 0 aliphatic heterocycles. The number of aryl methyl sites for hydroxylation is 1. The highest BCUT2D eigenvalue weighted by Gasteiger charge is 2.24. The van der Waals surface area contributed by atoms with Crippen LogP contribution in [-0.4, -0.2) is 22.8 Å². The SMILES string of the molecule is CC(=O)N[C@H](C(=O)Nc1nc(-c2ccc(C)o2)cs1)C(C)C. The zero-order valence-corrected chi connectivity index (χ0v) is 13.8. The summed E-state index contributed by atoms with van der Waals surface area (Å²) in [5.41, 5.74) is 0.675. The highest BCUT2D eigenvalue weighted by atomic mass is 32.1. The second-order valence-electron chi connectivity index (χ2n) is 5.36. The summed E-state index contributed by atoms with van der Waals surface area (Å²) in [5, 5.41) is 7.68. The van der Waals surface area contributed by atoms with Crippen molar-refractivity contribution in [2.24, 2.45) is 5.92 Å². The molecule has 1 atom stereocenters. The van der Waals surface area contributed by atoms with Crippen LogP contribution >= 0.6 is 11.3 Å². The van der Waals surface area contributed by atoms with Crippen LogP contribution in [0.3, 0.4) is 0 Å². The lowest BCUT2D eigenvalue weighted by Gasteiger charge is -2.20. The fourth-order valence-corrected chi connectivity index (χ4v) is 2.66. The molecule has 0 aromatic carbocycles. The summed E-state index contributed by atoms with van der Waals surface area (Å²) in [6, 6.07) is 3.11. The van der Waals surface area contributed by atoms with Gasteiger partial charge in [-0.15, -0.1) is 11.3 Å². The quantitative estimate of drug-likeness (QED) is 0.887. The van der Waals surface area contributed by atoms with E-state index < -0.39 is 6.04 Å². The van der Waals surface area contributed by atoms with Crippen molar-refractivity contribution >= 4 is 28.3 Å². The van der Waals surface area contributed by atoms with Crippen molar-refractivity contribution < 1.29 is 14.0 Å². The van der Waals surface area contributed by atoms with Crippen LogP contribution in [0, 0.1) is 12.8 Å². The van der Waals surface area contributed by atoms with Crippen molar-refractivity contribution in [2.45, 2.75) is 33.7 Å². The molecule has 6 nitrogen and oxygen atoms in total. The number of nitrogens with zero attached hydrogens (tertiary/aromatic N) is 1. The molecule has 2 aromatic heterocycles. The number of carbonyl (C=O) groups excluding carboxylic acids is 2. The van der Waals surface area contributed by atoms with Crippen molar-refractivity contribution in [3.05, 3.63) is 23.3 Å². The Kier molecular flexibility index (Phi) is 4.97. The van der Waals surface area contributed by atoms with Gasteiger partial charge in [0.25, 0.3) is 0 Å². The molecule has 0 saturated carbocycles. The Bertz CT molecular complexity index is 675. The van der Waals surface area contributed by atoms with Gasteiger partial charge in [0.15, 0.2) is 10.9 Å². The van der Waals surface area contributed by atoms with Crippen LogP contribution in [0.25, 0.3) is 11.5 Å². The highest BCUT2D eigenvalue weighted by molar-refractivity contribution is 7.14. The average molecular weight is 321 g/mol. The van der Waals surface area contributed by atoms with Gasteiger partial charge in [-0.2, -0.15) is 0 Å². The molecule has 118 valence electrons. The van der Waals surface area contributed by atoms with E-state index in [2.05, 4.69) is 15.6 Å². The first-order valence-electron chi connectivity index (χ1n) is 6.97. The molecule has 2 aromatic rings. The monoisotopic (exact) mass is 321 g/mol. The normalized spacial score (nSPS) is 12.2. The lowest BCUT2D eigenvalue weighted by Crippen LogP contribution is -2.46. The molecule has 2 heterocycles. The van der Waals surface area contributed by atoms with Gasteiger partial charge >= 0.3 is 0 Å². The number of hydrogen-bond donors (Lipinski definition) is 2. The number of rotatable bonds is 5. The summed E-state index contributed by atoms with van der Waals surface area (Å²) >= 11 is 1.31. The van der Waals surface area contributed by atoms with Gasteiger partial charge in [0.2, 0.25) is 11.8 Å². The third-order valence-corrected chi connectivity index (χ3v) is 3.79. The van der Waals surface area contributed by atoms with E-state index in [-0.39, 0.29) is 17.7 Å². The number of carbonyl (C=O) groups is 2. The number of amides is 2. The van der Waals surface area contributed by atoms with Crippen LogP contribution < -0.4 is 10.6 Å². The van der Waals surface area contributed by atoms with Crippen LogP contribution in [0.4, 0.5) is 5.13 Å². The molecule has 7 heteroatoms. The first-order valence-corrected chi connectivity index (χ1v) is 7.85. The summed E-state index contributed by atoms with van der Waals surface area (Å²) in [5.74, 6) is 0.938. The lowest BCUT2D eigenvalue weighted by atomic mass is 10.0. The average Bonchev–Trinajstić information content (AvgIpc) is 3.04. The Morgan fingerprint density at radius 3 is 2.59 bits per heavy atom. The molecule has 22 heavy (non-hydrogen) atoms. The largest absolute Gasteiger partial charge is 0.460 e. The van der Waals surface area contributed by atoms with Crippen LogP contribution in [0.1, 0.15) is 26.5 Å². The molecule has 0 spiro atoms. The summed E-state index contributed by atoms with van der Waals surface area (Å²) in [7, 11) is 0. The van der Waals surface area contributed by atoms with Gasteiger partial charge in [-0.25, -0.2) is 4.98 Å². The molecule has 0 aliphatic rings. The molecule has 0 unspecified atom stereocenters. The molecular formula is C15H19N3O3S. The smallest absolute Gasteiger partial charge is 0.248 e. The zero-order valence-electron chi connectivity index (χ0n) is 13.0. The third-order valence-electron chi connectivity index (χ3n) is 3.04. The minimum absolute atomic E-state index is 0.0175. The zero-order chi connectivity index (χ0) is 16.3. The minimum atomic E-state index is -0.587. The van der Waals surface area contributed by atoms with Crippen molar-refractivity contribution in [1.29, 1.82) is 0 Å². The fraction of sp³-hybridized carbons (Fsp3) is 0.400. The van der Waals surface area contributed by atoms with E-state index in [0.717, 1.165) is 5.76 Å². The number of aromatic nitrogens is 1. The summed E-state index contributed by atoms with van der Waals surface area (Å²) < 4.78 is 5.50. The summed E-state index contributed by atoms with van der Waals surface area (Å²) in [4.78, 5) is 27.8. The molecule has 2 rings (SSSR count). The van der Waals surface area contributed by atoms with E-state index in [1.54, 1.807) is 0 Å².